The highest BCUT2D eigenvalue weighted by atomic mass is 32.2. The number of nitrogens with zero attached hydrogens (tertiary/aromatic N) is 5. The Bertz CT molecular complexity index is 1490. The number of aryl methyl sites for hydroxylation is 1. The molecule has 1 amide bonds. The van der Waals surface area contributed by atoms with Gasteiger partial charge in [-0.05, 0) is 25.1 Å². The zero-order valence-corrected chi connectivity index (χ0v) is 19.0. The van der Waals surface area contributed by atoms with Crippen molar-refractivity contribution in [2.24, 2.45) is 10.2 Å². The number of thioether (sulfide) groups is 1. The molecule has 34 heavy (non-hydrogen) atoms. The highest BCUT2D eigenvalue weighted by Gasteiger charge is 2.17. The smallest absolute Gasteiger partial charge is 0.275 e. The molecule has 8 nitrogen and oxygen atoms in total. The second-order valence-electron chi connectivity index (χ2n) is 7.59. The molecule has 0 atom stereocenters. The summed E-state index contributed by atoms with van der Waals surface area (Å²) in [5.74, 6) is 0.128. The Hall–Kier alpha value is -4.24. The number of aromatic amines is 1. The minimum atomic E-state index is -0.450. The van der Waals surface area contributed by atoms with Gasteiger partial charge in [-0.1, -0.05) is 78.0 Å². The van der Waals surface area contributed by atoms with Crippen LogP contribution in [0.4, 0.5) is 5.69 Å². The SMILES string of the molecule is Cc1ccc(-c2nnc(SCC(=O)N=Nc3c(O)[nH]c4ccccc34)n2-c2ccccc2)cc1. The maximum Gasteiger partial charge on any atom is 0.275 e. The Balaban J connectivity index is 1.39. The Morgan fingerprint density at radius 1 is 1.00 bits per heavy atom. The quantitative estimate of drug-likeness (QED) is 0.241. The third-order valence-corrected chi connectivity index (χ3v) is 6.12. The predicted octanol–water partition coefficient (Wildman–Crippen LogP) is 5.83. The topological polar surface area (TPSA) is 109 Å². The number of carbonyl (C=O) groups excluding carboxylic acids is 1. The second kappa shape index (κ2) is 9.32. The van der Waals surface area contributed by atoms with Gasteiger partial charge in [-0.25, -0.2) is 0 Å². The highest BCUT2D eigenvalue weighted by molar-refractivity contribution is 7.99. The van der Waals surface area contributed by atoms with Crippen molar-refractivity contribution in [2.45, 2.75) is 12.1 Å². The van der Waals surface area contributed by atoms with Crippen molar-refractivity contribution in [3.05, 3.63) is 84.4 Å². The fourth-order valence-electron chi connectivity index (χ4n) is 3.54. The number of hydrogen-bond acceptors (Lipinski definition) is 6. The van der Waals surface area contributed by atoms with Crippen LogP contribution in [0.1, 0.15) is 5.56 Å². The lowest BCUT2D eigenvalue weighted by Gasteiger charge is -2.10. The molecule has 0 saturated heterocycles. The van der Waals surface area contributed by atoms with Crippen molar-refractivity contribution in [1.29, 1.82) is 0 Å². The summed E-state index contributed by atoms with van der Waals surface area (Å²) in [6.45, 7) is 2.03. The normalized spacial score (nSPS) is 11.4. The first kappa shape index (κ1) is 21.6. The monoisotopic (exact) mass is 468 g/mol. The van der Waals surface area contributed by atoms with E-state index in [4.69, 9.17) is 0 Å². The molecule has 168 valence electrons. The lowest BCUT2D eigenvalue weighted by Crippen LogP contribution is -2.02. The number of azo groups is 1. The Morgan fingerprint density at radius 2 is 1.74 bits per heavy atom. The number of amides is 1. The molecular formula is C25H20N6O2S. The van der Waals surface area contributed by atoms with Crippen LogP contribution in [0, 0.1) is 6.92 Å². The Labute approximate surface area is 199 Å². The van der Waals surface area contributed by atoms with Crippen LogP contribution in [0.5, 0.6) is 5.88 Å². The van der Waals surface area contributed by atoms with Gasteiger partial charge in [0.25, 0.3) is 5.91 Å². The van der Waals surface area contributed by atoms with Crippen molar-refractivity contribution in [2.75, 3.05) is 5.75 Å². The van der Waals surface area contributed by atoms with Crippen LogP contribution in [0.25, 0.3) is 28.0 Å². The van der Waals surface area contributed by atoms with E-state index in [1.165, 1.54) is 11.8 Å². The van der Waals surface area contributed by atoms with Gasteiger partial charge in [0, 0.05) is 16.6 Å². The van der Waals surface area contributed by atoms with Crippen LogP contribution >= 0.6 is 11.8 Å². The summed E-state index contributed by atoms with van der Waals surface area (Å²) < 4.78 is 1.92. The molecule has 0 aliphatic carbocycles. The Morgan fingerprint density at radius 3 is 2.53 bits per heavy atom. The van der Waals surface area contributed by atoms with E-state index in [2.05, 4.69) is 25.4 Å². The maximum atomic E-state index is 12.5. The second-order valence-corrected chi connectivity index (χ2v) is 8.54. The van der Waals surface area contributed by atoms with E-state index in [1.54, 1.807) is 6.07 Å². The molecule has 0 spiro atoms. The molecule has 3 aromatic carbocycles. The number of hydrogen-bond donors (Lipinski definition) is 2. The molecule has 0 radical (unpaired) electrons. The van der Waals surface area contributed by atoms with E-state index in [9.17, 15) is 9.90 Å². The van der Waals surface area contributed by atoms with Crippen LogP contribution in [0.3, 0.4) is 0 Å². The van der Waals surface area contributed by atoms with Gasteiger partial charge in [0.15, 0.2) is 16.7 Å². The summed E-state index contributed by atoms with van der Waals surface area (Å²) in [7, 11) is 0. The van der Waals surface area contributed by atoms with Gasteiger partial charge in [0.2, 0.25) is 5.88 Å². The van der Waals surface area contributed by atoms with Crippen molar-refractivity contribution in [3.63, 3.8) is 0 Å². The minimum Gasteiger partial charge on any atom is -0.493 e. The fourth-order valence-corrected chi connectivity index (χ4v) is 4.27. The fraction of sp³-hybridized carbons (Fsp3) is 0.0800. The zero-order valence-electron chi connectivity index (χ0n) is 18.2. The molecule has 2 heterocycles. The Kier molecular flexibility index (Phi) is 5.92. The molecule has 0 saturated carbocycles. The molecule has 0 unspecified atom stereocenters. The lowest BCUT2D eigenvalue weighted by molar-refractivity contribution is -0.115. The van der Waals surface area contributed by atoms with Gasteiger partial charge in [0.1, 0.15) is 0 Å². The number of H-pyrrole nitrogens is 1. The number of aromatic hydroxyl groups is 1. The lowest BCUT2D eigenvalue weighted by atomic mass is 10.1. The summed E-state index contributed by atoms with van der Waals surface area (Å²) in [6.07, 6.45) is 0. The van der Waals surface area contributed by atoms with Gasteiger partial charge >= 0.3 is 0 Å². The third kappa shape index (κ3) is 4.33. The molecular weight excluding hydrogens is 448 g/mol. The summed E-state index contributed by atoms with van der Waals surface area (Å²) in [5, 5.41) is 27.9. The van der Waals surface area contributed by atoms with E-state index in [1.807, 2.05) is 84.3 Å². The van der Waals surface area contributed by atoms with Crippen molar-refractivity contribution < 1.29 is 9.90 Å². The highest BCUT2D eigenvalue weighted by Crippen LogP contribution is 2.35. The van der Waals surface area contributed by atoms with E-state index in [0.29, 0.717) is 16.4 Å². The van der Waals surface area contributed by atoms with Gasteiger partial charge in [-0.3, -0.25) is 9.36 Å². The van der Waals surface area contributed by atoms with E-state index in [0.717, 1.165) is 22.3 Å². The summed E-state index contributed by atoms with van der Waals surface area (Å²) in [4.78, 5) is 15.3. The van der Waals surface area contributed by atoms with Crippen molar-refractivity contribution >= 4 is 34.3 Å². The summed E-state index contributed by atoms with van der Waals surface area (Å²) in [6, 6.07) is 25.1. The minimum absolute atomic E-state index is 0.0193. The number of rotatable bonds is 6. The average Bonchev–Trinajstić information content (AvgIpc) is 3.42. The zero-order chi connectivity index (χ0) is 23.5. The standard InChI is InChI=1S/C25H20N6O2S/c1-16-11-13-17(14-12-16)23-29-30-25(31(23)18-7-3-2-4-8-18)34-15-21(32)27-28-22-19-9-5-6-10-20(19)26-24(22)33/h2-14,26,33H,15H2,1H3. The van der Waals surface area contributed by atoms with Crippen LogP contribution in [0.2, 0.25) is 0 Å². The van der Waals surface area contributed by atoms with Gasteiger partial charge in [-0.15, -0.1) is 20.4 Å². The maximum absolute atomic E-state index is 12.5. The number of carbonyl (C=O) groups is 1. The third-order valence-electron chi connectivity index (χ3n) is 5.20. The van der Waals surface area contributed by atoms with Gasteiger partial charge < -0.3 is 10.1 Å². The molecule has 0 bridgehead atoms. The molecule has 0 fully saturated rings. The van der Waals surface area contributed by atoms with Crippen molar-refractivity contribution in [3.8, 4) is 23.0 Å². The molecule has 0 aliphatic heterocycles. The molecule has 5 rings (SSSR count). The molecule has 0 aliphatic rings. The molecule has 2 aromatic heterocycles. The predicted molar refractivity (Wildman–Crippen MR) is 132 cm³/mol. The van der Waals surface area contributed by atoms with E-state index >= 15 is 0 Å². The van der Waals surface area contributed by atoms with E-state index in [-0.39, 0.29) is 17.3 Å². The van der Waals surface area contributed by atoms with E-state index < -0.39 is 5.91 Å². The number of aromatic nitrogens is 4. The van der Waals surface area contributed by atoms with Crippen LogP contribution in [-0.4, -0.2) is 36.5 Å². The van der Waals surface area contributed by atoms with Crippen LogP contribution in [-0.2, 0) is 4.79 Å². The van der Waals surface area contributed by atoms with Gasteiger partial charge in [-0.2, -0.15) is 0 Å². The molecule has 5 aromatic rings. The molecule has 9 heteroatoms. The largest absolute Gasteiger partial charge is 0.493 e. The number of para-hydroxylation sites is 2. The first-order chi connectivity index (χ1) is 16.6. The van der Waals surface area contributed by atoms with Crippen LogP contribution < -0.4 is 0 Å². The number of fused-ring (bicyclic) bond motifs is 1. The average molecular weight is 469 g/mol. The first-order valence-corrected chi connectivity index (χ1v) is 11.5. The first-order valence-electron chi connectivity index (χ1n) is 10.5. The molecule has 2 N–H and O–H groups in total. The number of benzene rings is 3. The summed E-state index contributed by atoms with van der Waals surface area (Å²) >= 11 is 1.23. The van der Waals surface area contributed by atoms with Crippen molar-refractivity contribution in [1.82, 2.24) is 19.7 Å². The number of nitrogens with one attached hydrogen (secondary N) is 1. The summed E-state index contributed by atoms with van der Waals surface area (Å²) in [5.41, 5.74) is 3.93. The van der Waals surface area contributed by atoms with Crippen LogP contribution in [0.15, 0.2) is 94.2 Å². The van der Waals surface area contributed by atoms with Gasteiger partial charge in [0.05, 0.1) is 11.3 Å².